The van der Waals surface area contributed by atoms with Crippen LogP contribution < -0.4 is 5.32 Å². The number of rotatable bonds is 9. The summed E-state index contributed by atoms with van der Waals surface area (Å²) < 4.78 is 5.35. The van der Waals surface area contributed by atoms with Crippen molar-refractivity contribution in [2.45, 2.75) is 57.5 Å². The second-order valence-electron chi connectivity index (χ2n) is 11.4. The van der Waals surface area contributed by atoms with Crippen LogP contribution in [0.3, 0.4) is 0 Å². The molecule has 0 bridgehead atoms. The van der Waals surface area contributed by atoms with E-state index in [0.717, 1.165) is 48.2 Å². The van der Waals surface area contributed by atoms with Gasteiger partial charge in [0.2, 0.25) is 0 Å². The monoisotopic (exact) mass is 551 g/mol. The number of benzene rings is 2. The minimum atomic E-state index is -0.969. The summed E-state index contributed by atoms with van der Waals surface area (Å²) in [6, 6.07) is 22.2. The molecule has 2 aliphatic rings. The number of amides is 1. The number of hydrogen-bond donors (Lipinski definition) is 1. The molecule has 5 rings (SSSR count). The Bertz CT molecular complexity index is 1330. The van der Waals surface area contributed by atoms with E-state index in [1.807, 2.05) is 77.8 Å². The van der Waals surface area contributed by atoms with E-state index in [1.165, 1.54) is 0 Å². The highest BCUT2D eigenvalue weighted by Gasteiger charge is 2.50. The summed E-state index contributed by atoms with van der Waals surface area (Å²) in [6.45, 7) is 5.57. The maximum Gasteiger partial charge on any atom is 0.255 e. The van der Waals surface area contributed by atoms with Crippen molar-refractivity contribution in [1.29, 1.82) is 0 Å². The van der Waals surface area contributed by atoms with Crippen LogP contribution in [-0.4, -0.2) is 47.9 Å². The predicted octanol–water partition coefficient (Wildman–Crippen LogP) is 5.93. The quantitative estimate of drug-likeness (QED) is 0.357. The number of ether oxygens (including phenoxy) is 1. The largest absolute Gasteiger partial charge is 0.383 e. The first-order valence-electron chi connectivity index (χ1n) is 14.8. The van der Waals surface area contributed by atoms with Gasteiger partial charge in [0.25, 0.3) is 5.91 Å². The first-order chi connectivity index (χ1) is 20.0. The van der Waals surface area contributed by atoms with Crippen molar-refractivity contribution in [3.05, 3.63) is 113 Å². The molecule has 0 radical (unpaired) electrons. The molecule has 1 aromatic heterocycles. The lowest BCUT2D eigenvalue weighted by Crippen LogP contribution is -2.57. The molecular weight excluding hydrogens is 510 g/mol. The summed E-state index contributed by atoms with van der Waals surface area (Å²) in [5, 5.41) is 3.71. The molecule has 41 heavy (non-hydrogen) atoms. The van der Waals surface area contributed by atoms with Crippen LogP contribution >= 0.6 is 0 Å². The van der Waals surface area contributed by atoms with Crippen molar-refractivity contribution < 1.29 is 14.3 Å². The molecule has 0 spiro atoms. The average Bonchev–Trinajstić information content (AvgIpc) is 3.47. The second-order valence-corrected chi connectivity index (χ2v) is 11.4. The third-order valence-electron chi connectivity index (χ3n) is 8.64. The van der Waals surface area contributed by atoms with Crippen LogP contribution in [-0.2, 0) is 21.5 Å². The number of nitrogens with zero attached hydrogens (tertiary/aromatic N) is 2. The van der Waals surface area contributed by atoms with Gasteiger partial charge in [-0.15, -0.1) is 0 Å². The first-order valence-corrected chi connectivity index (χ1v) is 14.8. The maximum absolute atomic E-state index is 14.7. The molecule has 0 saturated carbocycles. The Labute approximate surface area is 243 Å². The van der Waals surface area contributed by atoms with Gasteiger partial charge in [-0.05, 0) is 60.8 Å². The average molecular weight is 552 g/mol. The molecule has 6 heteroatoms. The van der Waals surface area contributed by atoms with Gasteiger partial charge in [0.05, 0.1) is 18.2 Å². The molecule has 2 saturated heterocycles. The Morgan fingerprint density at radius 1 is 1.12 bits per heavy atom. The van der Waals surface area contributed by atoms with E-state index < -0.39 is 5.54 Å². The van der Waals surface area contributed by atoms with Gasteiger partial charge >= 0.3 is 0 Å². The number of allylic oxidation sites excluding steroid dienone is 2. The minimum absolute atomic E-state index is 0.00448. The van der Waals surface area contributed by atoms with Crippen LogP contribution in [0.15, 0.2) is 90.9 Å². The lowest BCUT2D eigenvalue weighted by atomic mass is 9.67. The van der Waals surface area contributed by atoms with E-state index in [0.29, 0.717) is 25.0 Å². The highest BCUT2D eigenvalue weighted by Crippen LogP contribution is 2.42. The lowest BCUT2D eigenvalue weighted by molar-refractivity contribution is -0.131. The van der Waals surface area contributed by atoms with E-state index in [4.69, 9.17) is 4.74 Å². The third kappa shape index (κ3) is 5.84. The minimum Gasteiger partial charge on any atom is -0.383 e. The molecule has 3 atom stereocenters. The Hall–Kier alpha value is -3.77. The number of carbonyl (C=O) groups excluding carboxylic acids is 2. The molecule has 1 amide bonds. The fourth-order valence-electron chi connectivity index (χ4n) is 6.64. The highest BCUT2D eigenvalue weighted by molar-refractivity contribution is 5.97. The maximum atomic E-state index is 14.7. The van der Waals surface area contributed by atoms with Crippen LogP contribution in [0, 0.1) is 11.8 Å². The van der Waals surface area contributed by atoms with Crippen molar-refractivity contribution in [3.8, 4) is 0 Å². The van der Waals surface area contributed by atoms with Crippen LogP contribution in [0.1, 0.15) is 66.6 Å². The number of methoxy groups -OCH3 is 1. The van der Waals surface area contributed by atoms with Crippen LogP contribution in [0.4, 0.5) is 0 Å². The van der Waals surface area contributed by atoms with Crippen LogP contribution in [0.2, 0.25) is 0 Å². The molecule has 3 heterocycles. The third-order valence-corrected chi connectivity index (χ3v) is 8.64. The van der Waals surface area contributed by atoms with E-state index >= 15 is 0 Å². The molecule has 1 N–H and O–H groups in total. The predicted molar refractivity (Wildman–Crippen MR) is 161 cm³/mol. The van der Waals surface area contributed by atoms with Gasteiger partial charge in [-0.1, -0.05) is 80.6 Å². The number of likely N-dealkylation sites (tertiary alicyclic amines) is 1. The standard InChI is InChI=1S/C35H41N3O3/c1-4-12-30-21-32(33(39)35(37-30,28-13-7-5-8-14-28)29-15-9-6-10-16-29)25(2)19-26-20-27(23-36-22-26)34(40)38-18-11-17-31(38)24-41-3/h5-10,12-16,20,22-23,25,31-32,37H,4,11,17-19,21,24H2,1-3H3/b30-12-/t25?,31-,32?/m1/s1. The van der Waals surface area contributed by atoms with E-state index in [-0.39, 0.29) is 29.6 Å². The van der Waals surface area contributed by atoms with Crippen molar-refractivity contribution in [1.82, 2.24) is 15.2 Å². The van der Waals surface area contributed by atoms with Crippen LogP contribution in [0.5, 0.6) is 0 Å². The Morgan fingerprint density at radius 3 is 2.44 bits per heavy atom. The summed E-state index contributed by atoms with van der Waals surface area (Å²) in [7, 11) is 1.68. The van der Waals surface area contributed by atoms with Gasteiger partial charge in [0, 0.05) is 37.7 Å². The molecular formula is C35H41N3O3. The topological polar surface area (TPSA) is 71.5 Å². The zero-order chi connectivity index (χ0) is 28.8. The zero-order valence-electron chi connectivity index (χ0n) is 24.4. The van der Waals surface area contributed by atoms with E-state index in [1.54, 1.807) is 13.3 Å². The van der Waals surface area contributed by atoms with Crippen molar-refractivity contribution >= 4 is 11.7 Å². The summed E-state index contributed by atoms with van der Waals surface area (Å²) >= 11 is 0. The van der Waals surface area contributed by atoms with Gasteiger partial charge in [0.15, 0.2) is 5.78 Å². The summed E-state index contributed by atoms with van der Waals surface area (Å²) in [4.78, 5) is 34.5. The fourth-order valence-corrected chi connectivity index (χ4v) is 6.64. The number of Topliss-reactive ketones (excluding diaryl/α,β-unsaturated/α-hetero) is 1. The van der Waals surface area contributed by atoms with Gasteiger partial charge in [-0.3, -0.25) is 14.6 Å². The molecule has 2 aliphatic heterocycles. The second kappa shape index (κ2) is 12.8. The zero-order valence-corrected chi connectivity index (χ0v) is 24.4. The van der Waals surface area contributed by atoms with Crippen molar-refractivity contribution in [2.24, 2.45) is 11.8 Å². The van der Waals surface area contributed by atoms with E-state index in [9.17, 15) is 9.59 Å². The molecule has 2 aromatic carbocycles. The Kier molecular flexibility index (Phi) is 8.99. The normalized spacial score (nSPS) is 22.0. The number of nitrogens with one attached hydrogen (secondary N) is 1. The number of piperidine rings is 1. The Balaban J connectivity index is 1.45. The van der Waals surface area contributed by atoms with Gasteiger partial charge in [0.1, 0.15) is 5.54 Å². The highest BCUT2D eigenvalue weighted by atomic mass is 16.5. The molecule has 0 aliphatic carbocycles. The van der Waals surface area contributed by atoms with Gasteiger partial charge in [-0.2, -0.15) is 0 Å². The number of aromatic nitrogens is 1. The molecule has 2 unspecified atom stereocenters. The van der Waals surface area contributed by atoms with Crippen LogP contribution in [0.25, 0.3) is 0 Å². The smallest absolute Gasteiger partial charge is 0.255 e. The first kappa shape index (κ1) is 28.7. The lowest BCUT2D eigenvalue weighted by Gasteiger charge is -2.45. The molecule has 6 nitrogen and oxygen atoms in total. The SMILES string of the molecule is CC/C=C1/CC(C(C)Cc2cncc(C(=O)N3CCC[C@@H]3COC)c2)C(=O)C(c2ccccc2)(c2ccccc2)N1. The van der Waals surface area contributed by atoms with Crippen molar-refractivity contribution in [2.75, 3.05) is 20.3 Å². The number of ketones is 1. The number of pyridine rings is 1. The van der Waals surface area contributed by atoms with Gasteiger partial charge in [-0.25, -0.2) is 0 Å². The number of hydrogen-bond acceptors (Lipinski definition) is 5. The van der Waals surface area contributed by atoms with Crippen molar-refractivity contribution in [3.63, 3.8) is 0 Å². The summed E-state index contributed by atoms with van der Waals surface area (Å²) in [5.41, 5.74) is 3.59. The summed E-state index contributed by atoms with van der Waals surface area (Å²) in [5.74, 6) is 0.00969. The van der Waals surface area contributed by atoms with E-state index in [2.05, 4.69) is 30.2 Å². The van der Waals surface area contributed by atoms with Gasteiger partial charge < -0.3 is 15.0 Å². The molecule has 214 valence electrons. The Morgan fingerprint density at radius 2 is 1.80 bits per heavy atom. The number of carbonyl (C=O) groups is 2. The fraction of sp³-hybridized carbons (Fsp3) is 0.400. The molecule has 3 aromatic rings. The summed E-state index contributed by atoms with van der Waals surface area (Å²) in [6.07, 6.45) is 9.84. The molecule has 2 fully saturated rings.